The molecule has 0 amide bonds. The van der Waals surface area contributed by atoms with E-state index in [4.69, 9.17) is 11.6 Å². The Bertz CT molecular complexity index is 373. The van der Waals surface area contributed by atoms with E-state index in [9.17, 15) is 0 Å². The van der Waals surface area contributed by atoms with Gasteiger partial charge in [0, 0.05) is 0 Å². The normalized spacial score (nSPS) is 14.6. The van der Waals surface area contributed by atoms with Gasteiger partial charge in [0.05, 0.1) is 5.38 Å². The van der Waals surface area contributed by atoms with Crippen molar-refractivity contribution in [2.24, 2.45) is 5.41 Å². The fourth-order valence-electron chi connectivity index (χ4n) is 1.94. The molecule has 0 bridgehead atoms. The molecule has 0 aliphatic carbocycles. The Morgan fingerprint density at radius 2 is 1.44 bits per heavy atom. The highest BCUT2D eigenvalue weighted by atomic mass is 35.5. The topological polar surface area (TPSA) is 0 Å². The summed E-state index contributed by atoms with van der Waals surface area (Å²) < 4.78 is 0. The molecule has 0 nitrogen and oxygen atoms in total. The Morgan fingerprint density at radius 1 is 0.944 bits per heavy atom. The highest BCUT2D eigenvalue weighted by Gasteiger charge is 2.27. The Kier molecular flexibility index (Phi) is 4.89. The first-order chi connectivity index (χ1) is 8.24. The van der Waals surface area contributed by atoms with Crippen LogP contribution >= 0.6 is 11.6 Å². The van der Waals surface area contributed by atoms with Gasteiger partial charge in [0.15, 0.2) is 0 Å². The van der Waals surface area contributed by atoms with E-state index in [1.165, 1.54) is 11.1 Å². The third kappa shape index (κ3) is 3.29. The summed E-state index contributed by atoms with van der Waals surface area (Å²) in [4.78, 5) is 0. The van der Waals surface area contributed by atoms with Crippen LogP contribution in [-0.4, -0.2) is 0 Å². The van der Waals surface area contributed by atoms with Crippen molar-refractivity contribution in [2.45, 2.75) is 65.2 Å². The zero-order valence-electron chi connectivity index (χ0n) is 12.7. The van der Waals surface area contributed by atoms with Crippen LogP contribution in [0.25, 0.3) is 0 Å². The fourth-order valence-corrected chi connectivity index (χ4v) is 2.24. The lowest BCUT2D eigenvalue weighted by Crippen LogP contribution is -2.18. The lowest BCUT2D eigenvalue weighted by atomic mass is 9.79. The van der Waals surface area contributed by atoms with E-state index in [0.717, 1.165) is 12.8 Å². The monoisotopic (exact) mass is 266 g/mol. The zero-order valence-corrected chi connectivity index (χ0v) is 13.4. The average molecular weight is 267 g/mol. The van der Waals surface area contributed by atoms with Crippen molar-refractivity contribution in [2.75, 3.05) is 0 Å². The third-order valence-electron chi connectivity index (χ3n) is 4.47. The minimum Gasteiger partial charge on any atom is -0.117 e. The van der Waals surface area contributed by atoms with Crippen LogP contribution < -0.4 is 0 Å². The molecule has 1 aromatic rings. The molecule has 1 aromatic carbocycles. The summed E-state index contributed by atoms with van der Waals surface area (Å²) in [5.41, 5.74) is 3.02. The maximum absolute atomic E-state index is 6.60. The Labute approximate surface area is 118 Å². The van der Waals surface area contributed by atoms with Gasteiger partial charge in [-0.15, -0.1) is 11.6 Å². The second-order valence-corrected chi connectivity index (χ2v) is 7.00. The molecule has 0 aromatic heterocycles. The van der Waals surface area contributed by atoms with Gasteiger partial charge in [-0.05, 0) is 34.8 Å². The molecular formula is C17H27Cl. The SMILES string of the molecule is CCC(C)(C)c1ccc(C(Cl)C(C)(C)CC)cc1. The molecule has 0 fully saturated rings. The summed E-state index contributed by atoms with van der Waals surface area (Å²) >= 11 is 6.60. The molecule has 0 N–H and O–H groups in total. The summed E-state index contributed by atoms with van der Waals surface area (Å²) in [6.45, 7) is 13.5. The van der Waals surface area contributed by atoms with E-state index in [-0.39, 0.29) is 16.2 Å². The standard InChI is InChI=1S/C17H27Cl/c1-7-16(3,4)14-11-9-13(10-12-14)15(18)17(5,6)8-2/h9-12,15H,7-8H2,1-6H3. The van der Waals surface area contributed by atoms with Crippen LogP contribution in [-0.2, 0) is 5.41 Å². The van der Waals surface area contributed by atoms with Crippen LogP contribution in [0.3, 0.4) is 0 Å². The summed E-state index contributed by atoms with van der Waals surface area (Å²) in [5, 5.41) is 0.0845. The minimum absolute atomic E-state index is 0.0845. The largest absolute Gasteiger partial charge is 0.117 e. The second kappa shape index (κ2) is 5.65. The average Bonchev–Trinajstić information content (AvgIpc) is 2.38. The van der Waals surface area contributed by atoms with Gasteiger partial charge in [0.1, 0.15) is 0 Å². The van der Waals surface area contributed by atoms with E-state index in [0.29, 0.717) is 0 Å². The molecule has 0 spiro atoms. The Hall–Kier alpha value is -0.490. The molecule has 1 rings (SSSR count). The molecule has 1 atom stereocenters. The molecule has 0 radical (unpaired) electrons. The van der Waals surface area contributed by atoms with Crippen LogP contribution in [0.2, 0.25) is 0 Å². The van der Waals surface area contributed by atoms with Gasteiger partial charge in [-0.2, -0.15) is 0 Å². The number of alkyl halides is 1. The summed E-state index contributed by atoms with van der Waals surface area (Å²) in [7, 11) is 0. The predicted molar refractivity (Wildman–Crippen MR) is 82.4 cm³/mol. The zero-order chi connectivity index (χ0) is 14.0. The molecule has 0 aliphatic heterocycles. The lowest BCUT2D eigenvalue weighted by Gasteiger charge is -2.30. The van der Waals surface area contributed by atoms with Gasteiger partial charge in [-0.25, -0.2) is 0 Å². The minimum atomic E-state index is 0.0845. The first-order valence-electron chi connectivity index (χ1n) is 6.99. The highest BCUT2D eigenvalue weighted by molar-refractivity contribution is 6.21. The fraction of sp³-hybridized carbons (Fsp3) is 0.647. The molecular weight excluding hydrogens is 240 g/mol. The van der Waals surface area contributed by atoms with E-state index >= 15 is 0 Å². The van der Waals surface area contributed by atoms with Gasteiger partial charge in [0.2, 0.25) is 0 Å². The van der Waals surface area contributed by atoms with E-state index < -0.39 is 0 Å². The number of halogens is 1. The molecule has 0 heterocycles. The number of hydrogen-bond donors (Lipinski definition) is 0. The summed E-state index contributed by atoms with van der Waals surface area (Å²) in [6.07, 6.45) is 2.24. The van der Waals surface area contributed by atoms with Crippen LogP contribution in [0, 0.1) is 5.41 Å². The molecule has 1 heteroatoms. The van der Waals surface area contributed by atoms with E-state index in [1.807, 2.05) is 0 Å². The first-order valence-corrected chi connectivity index (χ1v) is 7.42. The Morgan fingerprint density at radius 3 is 1.83 bits per heavy atom. The first kappa shape index (κ1) is 15.6. The highest BCUT2D eigenvalue weighted by Crippen LogP contribution is 2.41. The van der Waals surface area contributed by atoms with Crippen molar-refractivity contribution in [3.63, 3.8) is 0 Å². The Balaban J connectivity index is 2.97. The van der Waals surface area contributed by atoms with Crippen LogP contribution in [0.15, 0.2) is 24.3 Å². The van der Waals surface area contributed by atoms with Crippen molar-refractivity contribution < 1.29 is 0 Å². The van der Waals surface area contributed by atoms with Crippen molar-refractivity contribution in [1.82, 2.24) is 0 Å². The number of rotatable bonds is 5. The number of hydrogen-bond acceptors (Lipinski definition) is 0. The van der Waals surface area contributed by atoms with Crippen LogP contribution in [0.5, 0.6) is 0 Å². The molecule has 0 aliphatic rings. The van der Waals surface area contributed by atoms with Crippen molar-refractivity contribution in [3.8, 4) is 0 Å². The van der Waals surface area contributed by atoms with Crippen LogP contribution in [0.1, 0.15) is 70.9 Å². The molecule has 18 heavy (non-hydrogen) atoms. The summed E-state index contributed by atoms with van der Waals surface area (Å²) in [6, 6.07) is 8.86. The molecule has 0 saturated heterocycles. The van der Waals surface area contributed by atoms with Gasteiger partial charge in [0.25, 0.3) is 0 Å². The van der Waals surface area contributed by atoms with Crippen LogP contribution in [0.4, 0.5) is 0 Å². The van der Waals surface area contributed by atoms with Gasteiger partial charge >= 0.3 is 0 Å². The van der Waals surface area contributed by atoms with Gasteiger partial charge in [-0.1, -0.05) is 65.8 Å². The van der Waals surface area contributed by atoms with E-state index in [1.54, 1.807) is 0 Å². The van der Waals surface area contributed by atoms with E-state index in [2.05, 4.69) is 65.8 Å². The molecule has 102 valence electrons. The molecule has 0 saturated carbocycles. The van der Waals surface area contributed by atoms with Crippen molar-refractivity contribution in [3.05, 3.63) is 35.4 Å². The van der Waals surface area contributed by atoms with Crippen molar-refractivity contribution >= 4 is 11.6 Å². The number of benzene rings is 1. The third-order valence-corrected chi connectivity index (χ3v) is 5.31. The van der Waals surface area contributed by atoms with Gasteiger partial charge in [-0.3, -0.25) is 0 Å². The predicted octanol–water partition coefficient (Wildman–Crippen LogP) is 6.09. The quantitative estimate of drug-likeness (QED) is 0.566. The maximum Gasteiger partial charge on any atom is 0.0636 e. The smallest absolute Gasteiger partial charge is 0.0636 e. The second-order valence-electron chi connectivity index (χ2n) is 6.56. The molecule has 1 unspecified atom stereocenters. The van der Waals surface area contributed by atoms with Crippen molar-refractivity contribution in [1.29, 1.82) is 0 Å². The summed E-state index contributed by atoms with van der Waals surface area (Å²) in [5.74, 6) is 0. The lowest BCUT2D eigenvalue weighted by molar-refractivity contribution is 0.336. The maximum atomic E-state index is 6.60. The van der Waals surface area contributed by atoms with Gasteiger partial charge < -0.3 is 0 Å².